The highest BCUT2D eigenvalue weighted by Crippen LogP contribution is 1.93. The van der Waals surface area contributed by atoms with E-state index in [0.717, 1.165) is 5.57 Å². The lowest BCUT2D eigenvalue weighted by Crippen LogP contribution is -1.90. The fourth-order valence-corrected chi connectivity index (χ4v) is 0.327. The van der Waals surface area contributed by atoms with Gasteiger partial charge in [-0.1, -0.05) is 24.3 Å². The fraction of sp³-hybridized carbons (Fsp3) is 0.125. The maximum Gasteiger partial charge on any atom is 0.117 e. The molecule has 0 amide bonds. The molecule has 0 aromatic rings. The maximum atomic E-state index is 8.22. The van der Waals surface area contributed by atoms with Crippen LogP contribution in [0.2, 0.25) is 0 Å². The Morgan fingerprint density at radius 2 is 2.20 bits per heavy atom. The molecule has 0 radical (unpaired) electrons. The molecule has 0 saturated carbocycles. The van der Waals surface area contributed by atoms with E-state index in [1.165, 1.54) is 0 Å². The van der Waals surface area contributed by atoms with Crippen LogP contribution in [0.25, 0.3) is 0 Å². The van der Waals surface area contributed by atoms with Gasteiger partial charge in [0.1, 0.15) is 11.8 Å². The van der Waals surface area contributed by atoms with Crippen LogP contribution in [0.15, 0.2) is 36.1 Å². The summed E-state index contributed by atoms with van der Waals surface area (Å²) < 4.78 is 0. The van der Waals surface area contributed by atoms with E-state index in [9.17, 15) is 0 Å². The van der Waals surface area contributed by atoms with Crippen LogP contribution in [-0.4, -0.2) is 0 Å². The minimum atomic E-state index is 0.209. The molecule has 10 heavy (non-hydrogen) atoms. The van der Waals surface area contributed by atoms with E-state index in [-0.39, 0.29) is 5.70 Å². The normalized spacial score (nSPS) is 12.4. The molecule has 0 aliphatic carbocycles. The summed E-state index contributed by atoms with van der Waals surface area (Å²) in [5, 5.41) is 8.22. The highest BCUT2D eigenvalue weighted by atomic mass is 14.6. The lowest BCUT2D eigenvalue weighted by Gasteiger charge is -1.84. The molecule has 2 N–H and O–H groups in total. The van der Waals surface area contributed by atoms with Crippen LogP contribution in [0.1, 0.15) is 6.92 Å². The smallest absolute Gasteiger partial charge is 0.117 e. The van der Waals surface area contributed by atoms with Gasteiger partial charge in [0.2, 0.25) is 0 Å². The summed E-state index contributed by atoms with van der Waals surface area (Å²) in [4.78, 5) is 0. The average molecular weight is 134 g/mol. The zero-order chi connectivity index (χ0) is 7.98. The second kappa shape index (κ2) is 4.39. The van der Waals surface area contributed by atoms with Gasteiger partial charge < -0.3 is 5.73 Å². The van der Waals surface area contributed by atoms with Crippen LogP contribution in [-0.2, 0) is 0 Å². The van der Waals surface area contributed by atoms with Crippen molar-refractivity contribution in [3.8, 4) is 6.07 Å². The van der Waals surface area contributed by atoms with Gasteiger partial charge in [-0.05, 0) is 13.0 Å². The molecular weight excluding hydrogens is 124 g/mol. The molecule has 0 aliphatic heterocycles. The Morgan fingerprint density at radius 1 is 1.60 bits per heavy atom. The highest BCUT2D eigenvalue weighted by molar-refractivity contribution is 5.27. The molecule has 0 saturated heterocycles. The highest BCUT2D eigenvalue weighted by Gasteiger charge is 1.79. The molecular formula is C8H10N2. The average Bonchev–Trinajstić information content (AvgIpc) is 1.99. The van der Waals surface area contributed by atoms with E-state index in [1.807, 2.05) is 6.92 Å². The van der Waals surface area contributed by atoms with Crippen molar-refractivity contribution >= 4 is 0 Å². The Balaban J connectivity index is 4.21. The Bertz CT molecular complexity index is 216. The van der Waals surface area contributed by atoms with Crippen LogP contribution in [0, 0.1) is 11.3 Å². The van der Waals surface area contributed by atoms with Crippen molar-refractivity contribution in [2.75, 3.05) is 0 Å². The summed E-state index contributed by atoms with van der Waals surface area (Å²) in [7, 11) is 0. The summed E-state index contributed by atoms with van der Waals surface area (Å²) >= 11 is 0. The van der Waals surface area contributed by atoms with E-state index in [2.05, 4.69) is 6.58 Å². The maximum absolute atomic E-state index is 8.22. The number of hydrogen-bond donors (Lipinski definition) is 1. The summed E-state index contributed by atoms with van der Waals surface area (Å²) in [6.45, 7) is 5.43. The largest absolute Gasteiger partial charge is 0.390 e. The lowest BCUT2D eigenvalue weighted by atomic mass is 10.2. The number of rotatable bonds is 2. The molecule has 0 aromatic heterocycles. The van der Waals surface area contributed by atoms with Crippen LogP contribution >= 0.6 is 0 Å². The number of hydrogen-bond acceptors (Lipinski definition) is 2. The van der Waals surface area contributed by atoms with Gasteiger partial charge in [0.25, 0.3) is 0 Å². The van der Waals surface area contributed by atoms with Crippen LogP contribution in [0.4, 0.5) is 0 Å². The second-order valence-corrected chi connectivity index (χ2v) is 1.85. The van der Waals surface area contributed by atoms with Gasteiger partial charge in [0.15, 0.2) is 0 Å². The molecule has 52 valence electrons. The quantitative estimate of drug-likeness (QED) is 0.459. The Hall–Kier alpha value is -1.49. The van der Waals surface area contributed by atoms with Gasteiger partial charge in [0, 0.05) is 0 Å². The van der Waals surface area contributed by atoms with Crippen molar-refractivity contribution in [3.05, 3.63) is 36.1 Å². The first-order chi connectivity index (χ1) is 4.70. The van der Waals surface area contributed by atoms with Crippen LogP contribution in [0.3, 0.4) is 0 Å². The molecule has 2 nitrogen and oxygen atoms in total. The fourth-order valence-electron chi connectivity index (χ4n) is 0.327. The molecule has 0 fully saturated rings. The molecule has 0 rings (SSSR count). The summed E-state index contributed by atoms with van der Waals surface area (Å²) in [5.41, 5.74) is 6.39. The number of nitriles is 1. The van der Waals surface area contributed by atoms with Crippen LogP contribution < -0.4 is 5.73 Å². The third kappa shape index (κ3) is 3.50. The Morgan fingerprint density at radius 3 is 2.60 bits per heavy atom. The van der Waals surface area contributed by atoms with Gasteiger partial charge in [-0.15, -0.1) is 0 Å². The number of allylic oxidation sites excluding steroid dienone is 5. The molecule has 0 heterocycles. The Kier molecular flexibility index (Phi) is 3.74. The minimum absolute atomic E-state index is 0.209. The SMILES string of the molecule is C=C/C(C)=C\C=C(/N)C#N. The predicted molar refractivity (Wildman–Crippen MR) is 41.8 cm³/mol. The third-order valence-electron chi connectivity index (χ3n) is 0.977. The van der Waals surface area contributed by atoms with E-state index in [1.54, 1.807) is 24.3 Å². The van der Waals surface area contributed by atoms with Gasteiger partial charge in [0.05, 0.1) is 0 Å². The molecule has 0 spiro atoms. The van der Waals surface area contributed by atoms with Gasteiger partial charge in [-0.2, -0.15) is 5.26 Å². The Labute approximate surface area is 61.0 Å². The molecule has 0 unspecified atom stereocenters. The second-order valence-electron chi connectivity index (χ2n) is 1.85. The lowest BCUT2D eigenvalue weighted by molar-refractivity contribution is 1.38. The van der Waals surface area contributed by atoms with E-state index < -0.39 is 0 Å². The topological polar surface area (TPSA) is 49.8 Å². The zero-order valence-corrected chi connectivity index (χ0v) is 5.96. The van der Waals surface area contributed by atoms with E-state index >= 15 is 0 Å². The first-order valence-corrected chi connectivity index (χ1v) is 2.87. The molecule has 2 heteroatoms. The van der Waals surface area contributed by atoms with Crippen LogP contribution in [0.5, 0.6) is 0 Å². The third-order valence-corrected chi connectivity index (χ3v) is 0.977. The number of nitrogens with zero attached hydrogens (tertiary/aromatic N) is 1. The van der Waals surface area contributed by atoms with Crippen molar-refractivity contribution in [3.63, 3.8) is 0 Å². The minimum Gasteiger partial charge on any atom is -0.390 e. The summed E-state index contributed by atoms with van der Waals surface area (Å²) in [6.07, 6.45) is 4.99. The summed E-state index contributed by atoms with van der Waals surface area (Å²) in [6, 6.07) is 1.80. The molecule has 0 atom stereocenters. The zero-order valence-electron chi connectivity index (χ0n) is 5.96. The van der Waals surface area contributed by atoms with Gasteiger partial charge >= 0.3 is 0 Å². The van der Waals surface area contributed by atoms with Crippen molar-refractivity contribution in [2.24, 2.45) is 5.73 Å². The molecule has 0 aliphatic rings. The molecule has 0 aromatic carbocycles. The molecule has 0 bridgehead atoms. The number of nitrogens with two attached hydrogens (primary N) is 1. The first-order valence-electron chi connectivity index (χ1n) is 2.87. The van der Waals surface area contributed by atoms with Crippen molar-refractivity contribution in [1.82, 2.24) is 0 Å². The van der Waals surface area contributed by atoms with E-state index in [0.29, 0.717) is 0 Å². The van der Waals surface area contributed by atoms with Crippen molar-refractivity contribution < 1.29 is 0 Å². The van der Waals surface area contributed by atoms with Crippen molar-refractivity contribution in [2.45, 2.75) is 6.92 Å². The predicted octanol–water partition coefficient (Wildman–Crippen LogP) is 1.48. The van der Waals surface area contributed by atoms with Gasteiger partial charge in [-0.3, -0.25) is 0 Å². The van der Waals surface area contributed by atoms with Gasteiger partial charge in [-0.25, -0.2) is 0 Å². The standard InChI is InChI=1S/C8H10N2/c1-3-7(2)4-5-8(10)6-9/h3-5H,1,10H2,2H3/b7-4-,8-5-. The summed E-state index contributed by atoms with van der Waals surface area (Å²) in [5.74, 6) is 0. The van der Waals surface area contributed by atoms with E-state index in [4.69, 9.17) is 11.0 Å². The van der Waals surface area contributed by atoms with Crippen molar-refractivity contribution in [1.29, 1.82) is 5.26 Å². The monoisotopic (exact) mass is 134 g/mol. The first kappa shape index (κ1) is 8.51.